The fourth-order valence-corrected chi connectivity index (χ4v) is 3.12. The molecule has 0 aliphatic heterocycles. The monoisotopic (exact) mass is 367 g/mol. The van der Waals surface area contributed by atoms with E-state index in [1.807, 2.05) is 23.6 Å². The molecule has 0 amide bonds. The van der Waals surface area contributed by atoms with Crippen LogP contribution in [0.3, 0.4) is 0 Å². The van der Waals surface area contributed by atoms with Gasteiger partial charge in [-0.2, -0.15) is 5.10 Å². The van der Waals surface area contributed by atoms with E-state index < -0.39 is 0 Å². The third-order valence-electron chi connectivity index (χ3n) is 3.67. The van der Waals surface area contributed by atoms with Gasteiger partial charge in [-0.05, 0) is 43.2 Å². The zero-order chi connectivity index (χ0) is 18.4. The van der Waals surface area contributed by atoms with Crippen LogP contribution in [0.25, 0.3) is 0 Å². The van der Waals surface area contributed by atoms with E-state index in [1.54, 1.807) is 19.5 Å². The van der Waals surface area contributed by atoms with Crippen molar-refractivity contribution >= 4 is 22.7 Å². The number of nitrogens with one attached hydrogen (secondary N) is 1. The lowest BCUT2D eigenvalue weighted by Crippen LogP contribution is -1.99. The number of benzene rings is 2. The molecule has 0 unspecified atom stereocenters. The van der Waals surface area contributed by atoms with Gasteiger partial charge in [-0.25, -0.2) is 4.98 Å². The van der Waals surface area contributed by atoms with Crippen molar-refractivity contribution in [3.63, 3.8) is 0 Å². The number of ether oxygens (including phenoxy) is 2. The normalized spacial score (nSPS) is 10.9. The summed E-state index contributed by atoms with van der Waals surface area (Å²) >= 11 is 1.49. The van der Waals surface area contributed by atoms with Gasteiger partial charge in [-0.3, -0.25) is 5.43 Å². The number of hydrazone groups is 1. The number of thiazole rings is 1. The van der Waals surface area contributed by atoms with Crippen LogP contribution in [0.2, 0.25) is 0 Å². The van der Waals surface area contributed by atoms with Gasteiger partial charge in [0.1, 0.15) is 6.61 Å². The maximum atomic E-state index is 5.95. The summed E-state index contributed by atoms with van der Waals surface area (Å²) in [5.41, 5.74) is 7.40. The van der Waals surface area contributed by atoms with E-state index in [0.29, 0.717) is 18.1 Å². The van der Waals surface area contributed by atoms with Crippen LogP contribution in [0.1, 0.15) is 22.3 Å². The number of hydrogen-bond donors (Lipinski definition) is 1. The Balaban J connectivity index is 1.67. The van der Waals surface area contributed by atoms with Crippen molar-refractivity contribution in [2.75, 3.05) is 12.5 Å². The number of nitrogens with zero attached hydrogens (tertiary/aromatic N) is 2. The Bertz CT molecular complexity index is 872. The highest BCUT2D eigenvalue weighted by molar-refractivity contribution is 7.13. The summed E-state index contributed by atoms with van der Waals surface area (Å²) in [5.74, 6) is 1.38. The van der Waals surface area contributed by atoms with E-state index in [4.69, 9.17) is 9.47 Å². The molecule has 3 aromatic rings. The molecule has 26 heavy (non-hydrogen) atoms. The number of aromatic nitrogens is 1. The van der Waals surface area contributed by atoms with E-state index >= 15 is 0 Å². The standard InChI is InChI=1S/C20H21N3O2S/c1-14-8-15(2)10-17(9-14)13-25-18-5-4-16(11-19(18)24-3)12-22-23-20-21-6-7-26-20/h4-12H,13H2,1-3H3,(H,21,23)/b22-12-. The molecule has 0 aliphatic carbocycles. The molecule has 2 aromatic carbocycles. The Hall–Kier alpha value is -2.86. The molecule has 0 fully saturated rings. The van der Waals surface area contributed by atoms with Gasteiger partial charge in [-0.1, -0.05) is 29.3 Å². The fraction of sp³-hybridized carbons (Fsp3) is 0.200. The molecule has 1 aromatic heterocycles. The third kappa shape index (κ3) is 4.83. The quantitative estimate of drug-likeness (QED) is 0.482. The van der Waals surface area contributed by atoms with Crippen molar-refractivity contribution in [1.82, 2.24) is 4.98 Å². The van der Waals surface area contributed by atoms with Gasteiger partial charge in [0.25, 0.3) is 0 Å². The second-order valence-corrected chi connectivity index (χ2v) is 6.80. The first-order valence-corrected chi connectivity index (χ1v) is 9.08. The summed E-state index contributed by atoms with van der Waals surface area (Å²) in [4.78, 5) is 4.11. The van der Waals surface area contributed by atoms with Gasteiger partial charge >= 0.3 is 0 Å². The lowest BCUT2D eigenvalue weighted by atomic mass is 10.1. The van der Waals surface area contributed by atoms with Crippen molar-refractivity contribution in [2.24, 2.45) is 5.10 Å². The predicted octanol–water partition coefficient (Wildman–Crippen LogP) is 4.79. The first-order valence-electron chi connectivity index (χ1n) is 8.20. The molecule has 1 N–H and O–H groups in total. The highest BCUT2D eigenvalue weighted by Crippen LogP contribution is 2.28. The molecule has 3 rings (SSSR count). The van der Waals surface area contributed by atoms with Crippen LogP contribution in [0, 0.1) is 13.8 Å². The van der Waals surface area contributed by atoms with E-state index in [2.05, 4.69) is 47.6 Å². The minimum absolute atomic E-state index is 0.498. The first kappa shape index (κ1) is 17.9. The van der Waals surface area contributed by atoms with E-state index in [9.17, 15) is 0 Å². The van der Waals surface area contributed by atoms with E-state index in [-0.39, 0.29) is 0 Å². The van der Waals surface area contributed by atoms with Crippen molar-refractivity contribution in [3.8, 4) is 11.5 Å². The molecule has 0 saturated heterocycles. The third-order valence-corrected chi connectivity index (χ3v) is 4.35. The van der Waals surface area contributed by atoms with Gasteiger partial charge in [0.2, 0.25) is 5.13 Å². The largest absolute Gasteiger partial charge is 0.493 e. The smallest absolute Gasteiger partial charge is 0.203 e. The van der Waals surface area contributed by atoms with Crippen LogP contribution in [0.5, 0.6) is 11.5 Å². The Morgan fingerprint density at radius 2 is 1.92 bits per heavy atom. The average molecular weight is 367 g/mol. The van der Waals surface area contributed by atoms with E-state index in [0.717, 1.165) is 16.3 Å². The molecule has 0 atom stereocenters. The zero-order valence-electron chi connectivity index (χ0n) is 15.0. The summed E-state index contributed by atoms with van der Waals surface area (Å²) in [5, 5.41) is 6.82. The van der Waals surface area contributed by atoms with Crippen LogP contribution in [-0.4, -0.2) is 18.3 Å². The molecule has 134 valence electrons. The topological polar surface area (TPSA) is 55.7 Å². The van der Waals surface area contributed by atoms with Crippen molar-refractivity contribution in [1.29, 1.82) is 0 Å². The summed E-state index contributed by atoms with van der Waals surface area (Å²) in [6.45, 7) is 4.67. The lowest BCUT2D eigenvalue weighted by molar-refractivity contribution is 0.284. The van der Waals surface area contributed by atoms with Gasteiger partial charge in [0.15, 0.2) is 11.5 Å². The average Bonchev–Trinajstić information content (AvgIpc) is 3.13. The molecule has 0 aliphatic rings. The summed E-state index contributed by atoms with van der Waals surface area (Å²) in [7, 11) is 1.63. The Labute approximate surface area is 157 Å². The number of aryl methyl sites for hydroxylation is 2. The van der Waals surface area contributed by atoms with Crippen molar-refractivity contribution in [3.05, 3.63) is 70.2 Å². The number of hydrogen-bond acceptors (Lipinski definition) is 6. The molecule has 0 saturated carbocycles. The van der Waals surface area contributed by atoms with Gasteiger partial charge < -0.3 is 9.47 Å². The highest BCUT2D eigenvalue weighted by atomic mass is 32.1. The number of rotatable bonds is 7. The van der Waals surface area contributed by atoms with Gasteiger partial charge in [0, 0.05) is 11.6 Å². The minimum Gasteiger partial charge on any atom is -0.493 e. The summed E-state index contributed by atoms with van der Waals surface area (Å²) in [6, 6.07) is 12.1. The maximum Gasteiger partial charge on any atom is 0.203 e. The van der Waals surface area contributed by atoms with Gasteiger partial charge in [0.05, 0.1) is 13.3 Å². The maximum absolute atomic E-state index is 5.95. The predicted molar refractivity (Wildman–Crippen MR) is 107 cm³/mol. The second-order valence-electron chi connectivity index (χ2n) is 5.90. The van der Waals surface area contributed by atoms with Crippen LogP contribution >= 0.6 is 11.3 Å². The molecule has 0 radical (unpaired) electrons. The second kappa shape index (κ2) is 8.49. The molecule has 0 bridgehead atoms. The molecule has 5 nitrogen and oxygen atoms in total. The number of methoxy groups -OCH3 is 1. The zero-order valence-corrected chi connectivity index (χ0v) is 15.8. The molecule has 1 heterocycles. The lowest BCUT2D eigenvalue weighted by Gasteiger charge is -2.12. The van der Waals surface area contributed by atoms with Crippen molar-refractivity contribution in [2.45, 2.75) is 20.5 Å². The summed E-state index contributed by atoms with van der Waals surface area (Å²) < 4.78 is 11.4. The Morgan fingerprint density at radius 1 is 1.12 bits per heavy atom. The fourth-order valence-electron chi connectivity index (χ4n) is 2.64. The number of anilines is 1. The minimum atomic E-state index is 0.498. The highest BCUT2D eigenvalue weighted by Gasteiger charge is 2.06. The van der Waals surface area contributed by atoms with Crippen LogP contribution in [0.4, 0.5) is 5.13 Å². The molecule has 0 spiro atoms. The summed E-state index contributed by atoms with van der Waals surface area (Å²) in [6.07, 6.45) is 3.45. The Morgan fingerprint density at radius 3 is 2.62 bits per heavy atom. The Kier molecular flexibility index (Phi) is 5.86. The molecular formula is C20H21N3O2S. The van der Waals surface area contributed by atoms with Gasteiger partial charge in [-0.15, -0.1) is 11.3 Å². The molecule has 6 heteroatoms. The first-order chi connectivity index (χ1) is 12.6. The van der Waals surface area contributed by atoms with Crippen LogP contribution in [0.15, 0.2) is 53.1 Å². The van der Waals surface area contributed by atoms with Crippen molar-refractivity contribution < 1.29 is 9.47 Å². The molecular weight excluding hydrogens is 346 g/mol. The van der Waals surface area contributed by atoms with Crippen LogP contribution in [-0.2, 0) is 6.61 Å². The SMILES string of the molecule is COc1cc(/C=N\Nc2nccs2)ccc1OCc1cc(C)cc(C)c1. The van der Waals surface area contributed by atoms with Crippen LogP contribution < -0.4 is 14.9 Å². The van der Waals surface area contributed by atoms with E-state index in [1.165, 1.54) is 22.5 Å².